The predicted molar refractivity (Wildman–Crippen MR) is 77.7 cm³/mol. The summed E-state index contributed by atoms with van der Waals surface area (Å²) >= 11 is 0. The third-order valence-electron chi connectivity index (χ3n) is 4.01. The molecule has 116 valence electrons. The molecule has 6 heteroatoms. The molecule has 0 radical (unpaired) electrons. The van der Waals surface area contributed by atoms with Crippen LogP contribution in [0.25, 0.3) is 0 Å². The van der Waals surface area contributed by atoms with Crippen LogP contribution in [0.5, 0.6) is 0 Å². The van der Waals surface area contributed by atoms with E-state index in [1.807, 2.05) is 11.8 Å². The first-order valence-electron chi connectivity index (χ1n) is 7.41. The largest absolute Gasteiger partial charge is 0.481 e. The van der Waals surface area contributed by atoms with Gasteiger partial charge in [-0.15, -0.1) is 0 Å². The van der Waals surface area contributed by atoms with Crippen molar-refractivity contribution in [2.75, 3.05) is 39.3 Å². The summed E-state index contributed by atoms with van der Waals surface area (Å²) in [7, 11) is 0. The number of hydrogen-bond donors (Lipinski definition) is 1. The molecular weight excluding hydrogens is 258 g/mol. The maximum absolute atomic E-state index is 12.5. The molecule has 1 saturated heterocycles. The van der Waals surface area contributed by atoms with E-state index in [1.165, 1.54) is 0 Å². The molecule has 0 saturated carbocycles. The molecule has 1 heterocycles. The van der Waals surface area contributed by atoms with Gasteiger partial charge in [0, 0.05) is 38.8 Å². The van der Waals surface area contributed by atoms with Gasteiger partial charge >= 0.3 is 12.0 Å². The fourth-order valence-corrected chi connectivity index (χ4v) is 2.59. The zero-order valence-electron chi connectivity index (χ0n) is 13.0. The molecule has 2 atom stereocenters. The fourth-order valence-electron chi connectivity index (χ4n) is 2.59. The van der Waals surface area contributed by atoms with Gasteiger partial charge in [-0.25, -0.2) is 4.79 Å². The fraction of sp³-hybridized carbons (Fsp3) is 0.857. The van der Waals surface area contributed by atoms with Gasteiger partial charge in [0.1, 0.15) is 0 Å². The van der Waals surface area contributed by atoms with Gasteiger partial charge < -0.3 is 14.9 Å². The summed E-state index contributed by atoms with van der Waals surface area (Å²) in [5.41, 5.74) is 0. The highest BCUT2D eigenvalue weighted by molar-refractivity contribution is 5.76. The number of hydrogen-bond acceptors (Lipinski definition) is 3. The second-order valence-corrected chi connectivity index (χ2v) is 5.48. The average Bonchev–Trinajstić information content (AvgIpc) is 2.43. The third-order valence-corrected chi connectivity index (χ3v) is 4.01. The highest BCUT2D eigenvalue weighted by Gasteiger charge is 2.29. The first kappa shape index (κ1) is 16.8. The number of rotatable bonds is 5. The first-order valence-corrected chi connectivity index (χ1v) is 7.41. The van der Waals surface area contributed by atoms with E-state index in [-0.39, 0.29) is 12.6 Å². The topological polar surface area (TPSA) is 64.1 Å². The number of carbonyl (C=O) groups is 2. The second kappa shape index (κ2) is 7.47. The molecule has 2 unspecified atom stereocenters. The Hall–Kier alpha value is -1.30. The van der Waals surface area contributed by atoms with Gasteiger partial charge in [0.25, 0.3) is 0 Å². The van der Waals surface area contributed by atoms with Crippen LogP contribution in [0.3, 0.4) is 0 Å². The zero-order chi connectivity index (χ0) is 15.3. The summed E-state index contributed by atoms with van der Waals surface area (Å²) in [4.78, 5) is 29.2. The standard InChI is InChI=1S/C14H27N3O3/c1-5-15-7-8-17(10-12(15)4)14(20)16(6-2)9-11(3)13(18)19/h11-12H,5-10H2,1-4H3,(H,18,19). The van der Waals surface area contributed by atoms with E-state index in [4.69, 9.17) is 5.11 Å². The van der Waals surface area contributed by atoms with Crippen LogP contribution in [-0.4, -0.2) is 77.1 Å². The number of carboxylic acids is 1. The predicted octanol–water partition coefficient (Wildman–Crippen LogP) is 1.17. The third kappa shape index (κ3) is 4.10. The molecule has 0 aromatic carbocycles. The van der Waals surface area contributed by atoms with Gasteiger partial charge in [0.05, 0.1) is 5.92 Å². The van der Waals surface area contributed by atoms with Crippen molar-refractivity contribution in [1.82, 2.24) is 14.7 Å². The van der Waals surface area contributed by atoms with Crippen LogP contribution in [0, 0.1) is 5.92 Å². The van der Waals surface area contributed by atoms with Crippen molar-refractivity contribution >= 4 is 12.0 Å². The molecule has 1 aliphatic heterocycles. The van der Waals surface area contributed by atoms with Gasteiger partial charge in [-0.05, 0) is 20.4 Å². The SMILES string of the molecule is CCN(CC(C)C(=O)O)C(=O)N1CCN(CC)C(C)C1. The molecule has 1 N–H and O–H groups in total. The molecule has 1 fully saturated rings. The Balaban J connectivity index is 2.61. The maximum atomic E-state index is 12.5. The van der Waals surface area contributed by atoms with E-state index in [9.17, 15) is 9.59 Å². The Kier molecular flexibility index (Phi) is 6.26. The van der Waals surface area contributed by atoms with E-state index in [0.717, 1.165) is 19.6 Å². The van der Waals surface area contributed by atoms with Crippen molar-refractivity contribution in [2.45, 2.75) is 33.7 Å². The Morgan fingerprint density at radius 2 is 2.00 bits per heavy atom. The Bertz CT molecular complexity index is 349. The normalized spacial score (nSPS) is 21.6. The van der Waals surface area contributed by atoms with E-state index in [2.05, 4.69) is 18.7 Å². The Morgan fingerprint density at radius 3 is 2.45 bits per heavy atom. The monoisotopic (exact) mass is 285 g/mol. The summed E-state index contributed by atoms with van der Waals surface area (Å²) in [6.45, 7) is 11.9. The van der Waals surface area contributed by atoms with E-state index in [1.54, 1.807) is 11.8 Å². The van der Waals surface area contributed by atoms with Gasteiger partial charge in [0.15, 0.2) is 0 Å². The Morgan fingerprint density at radius 1 is 1.35 bits per heavy atom. The van der Waals surface area contributed by atoms with Crippen LogP contribution in [0.4, 0.5) is 4.79 Å². The van der Waals surface area contributed by atoms with Crippen LogP contribution in [0.2, 0.25) is 0 Å². The van der Waals surface area contributed by atoms with Crippen LogP contribution in [-0.2, 0) is 4.79 Å². The molecule has 1 aliphatic rings. The molecule has 6 nitrogen and oxygen atoms in total. The highest BCUT2D eigenvalue weighted by Crippen LogP contribution is 2.12. The lowest BCUT2D eigenvalue weighted by Gasteiger charge is -2.41. The van der Waals surface area contributed by atoms with Gasteiger partial charge in [-0.1, -0.05) is 13.8 Å². The zero-order valence-corrected chi connectivity index (χ0v) is 13.0. The summed E-state index contributed by atoms with van der Waals surface area (Å²) < 4.78 is 0. The minimum Gasteiger partial charge on any atom is -0.481 e. The van der Waals surface area contributed by atoms with Crippen molar-refractivity contribution in [2.24, 2.45) is 5.92 Å². The van der Waals surface area contributed by atoms with Crippen molar-refractivity contribution < 1.29 is 14.7 Å². The Labute approximate surface area is 121 Å². The van der Waals surface area contributed by atoms with Gasteiger partial charge in [0.2, 0.25) is 0 Å². The smallest absolute Gasteiger partial charge is 0.320 e. The lowest BCUT2D eigenvalue weighted by molar-refractivity contribution is -0.141. The maximum Gasteiger partial charge on any atom is 0.320 e. The molecule has 0 aromatic rings. The number of urea groups is 1. The van der Waals surface area contributed by atoms with Gasteiger partial charge in [-0.2, -0.15) is 0 Å². The summed E-state index contributed by atoms with van der Waals surface area (Å²) in [6.07, 6.45) is 0. The lowest BCUT2D eigenvalue weighted by Crippen LogP contribution is -2.56. The van der Waals surface area contributed by atoms with Crippen LogP contribution in [0.15, 0.2) is 0 Å². The molecule has 0 aromatic heterocycles. The molecule has 0 bridgehead atoms. The minimum atomic E-state index is -0.861. The van der Waals surface area contributed by atoms with E-state index < -0.39 is 11.9 Å². The molecule has 1 rings (SSSR count). The number of aliphatic carboxylic acids is 1. The highest BCUT2D eigenvalue weighted by atomic mass is 16.4. The molecule has 20 heavy (non-hydrogen) atoms. The van der Waals surface area contributed by atoms with E-state index in [0.29, 0.717) is 19.1 Å². The quantitative estimate of drug-likeness (QED) is 0.823. The summed E-state index contributed by atoms with van der Waals surface area (Å²) in [5.74, 6) is -1.39. The number of likely N-dealkylation sites (N-methyl/N-ethyl adjacent to an activating group) is 1. The minimum absolute atomic E-state index is 0.0387. The number of carbonyl (C=O) groups excluding carboxylic acids is 1. The number of amides is 2. The van der Waals surface area contributed by atoms with Crippen LogP contribution >= 0.6 is 0 Å². The molecule has 2 amide bonds. The van der Waals surface area contributed by atoms with E-state index >= 15 is 0 Å². The molecule has 0 spiro atoms. The van der Waals surface area contributed by atoms with Crippen LogP contribution in [0.1, 0.15) is 27.7 Å². The van der Waals surface area contributed by atoms with Crippen molar-refractivity contribution in [3.8, 4) is 0 Å². The van der Waals surface area contributed by atoms with Crippen molar-refractivity contribution in [1.29, 1.82) is 0 Å². The first-order chi connectivity index (χ1) is 9.40. The van der Waals surface area contributed by atoms with Crippen molar-refractivity contribution in [3.05, 3.63) is 0 Å². The van der Waals surface area contributed by atoms with Gasteiger partial charge in [-0.3, -0.25) is 9.69 Å². The second-order valence-electron chi connectivity index (χ2n) is 5.48. The van der Waals surface area contributed by atoms with Crippen molar-refractivity contribution in [3.63, 3.8) is 0 Å². The number of piperazine rings is 1. The average molecular weight is 285 g/mol. The van der Waals surface area contributed by atoms with Crippen LogP contribution < -0.4 is 0 Å². The number of nitrogens with zero attached hydrogens (tertiary/aromatic N) is 3. The molecule has 0 aliphatic carbocycles. The lowest BCUT2D eigenvalue weighted by atomic mass is 10.1. The summed E-state index contributed by atoms with van der Waals surface area (Å²) in [6, 6.07) is 0.316. The number of carboxylic acid groups (broad SMARTS) is 1. The summed E-state index contributed by atoms with van der Waals surface area (Å²) in [5, 5.41) is 8.97. The molecular formula is C14H27N3O3.